The van der Waals surface area contributed by atoms with Crippen molar-refractivity contribution in [1.29, 1.82) is 0 Å². The molecule has 0 unspecified atom stereocenters. The standard InChI is InChI=1S/C11H7Cl2NO4/c12-6-3-8(13)10(15)14(4-6)5-7-1-2-9(18-7)11(16)17/h1-4H,5H2,(H,16,17). The third-order valence-corrected chi connectivity index (χ3v) is 2.69. The Morgan fingerprint density at radius 2 is 2.11 bits per heavy atom. The molecule has 0 fully saturated rings. The highest BCUT2D eigenvalue weighted by atomic mass is 35.5. The van der Waals surface area contributed by atoms with Crippen molar-refractivity contribution in [2.75, 3.05) is 0 Å². The molecule has 5 nitrogen and oxygen atoms in total. The van der Waals surface area contributed by atoms with Gasteiger partial charge < -0.3 is 14.1 Å². The van der Waals surface area contributed by atoms with Crippen molar-refractivity contribution in [3.63, 3.8) is 0 Å². The smallest absolute Gasteiger partial charge is 0.371 e. The largest absolute Gasteiger partial charge is 0.475 e. The molecule has 0 saturated heterocycles. The fourth-order valence-corrected chi connectivity index (χ4v) is 1.94. The molecule has 0 radical (unpaired) electrons. The average molecular weight is 288 g/mol. The van der Waals surface area contributed by atoms with E-state index >= 15 is 0 Å². The summed E-state index contributed by atoms with van der Waals surface area (Å²) in [6.45, 7) is 0.0619. The summed E-state index contributed by atoms with van der Waals surface area (Å²) in [5.74, 6) is -1.03. The van der Waals surface area contributed by atoms with Crippen molar-refractivity contribution in [2.45, 2.75) is 6.54 Å². The van der Waals surface area contributed by atoms with E-state index < -0.39 is 11.5 Å². The van der Waals surface area contributed by atoms with Gasteiger partial charge in [-0.1, -0.05) is 23.2 Å². The van der Waals surface area contributed by atoms with E-state index in [1.54, 1.807) is 0 Å². The maximum Gasteiger partial charge on any atom is 0.371 e. The summed E-state index contributed by atoms with van der Waals surface area (Å²) in [6.07, 6.45) is 1.40. The predicted molar refractivity (Wildman–Crippen MR) is 65.5 cm³/mol. The normalized spacial score (nSPS) is 10.6. The first-order chi connectivity index (χ1) is 8.47. The van der Waals surface area contributed by atoms with E-state index in [0.717, 1.165) is 0 Å². The summed E-state index contributed by atoms with van der Waals surface area (Å²) in [5.41, 5.74) is -0.422. The zero-order valence-corrected chi connectivity index (χ0v) is 10.4. The molecule has 2 aromatic heterocycles. The van der Waals surface area contributed by atoms with Gasteiger partial charge >= 0.3 is 5.97 Å². The van der Waals surface area contributed by atoms with Gasteiger partial charge in [-0.15, -0.1) is 0 Å². The van der Waals surface area contributed by atoms with Crippen LogP contribution in [0.3, 0.4) is 0 Å². The van der Waals surface area contributed by atoms with Crippen LogP contribution in [-0.2, 0) is 6.54 Å². The van der Waals surface area contributed by atoms with Gasteiger partial charge in [0.25, 0.3) is 5.56 Å². The average Bonchev–Trinajstić information content (AvgIpc) is 2.74. The van der Waals surface area contributed by atoms with Crippen LogP contribution in [0.4, 0.5) is 0 Å². The number of hydrogen-bond donors (Lipinski definition) is 1. The van der Waals surface area contributed by atoms with E-state index in [0.29, 0.717) is 10.8 Å². The Kier molecular flexibility index (Phi) is 3.45. The molecular weight excluding hydrogens is 281 g/mol. The van der Waals surface area contributed by atoms with Crippen LogP contribution in [0.2, 0.25) is 10.0 Å². The molecule has 0 aromatic carbocycles. The van der Waals surface area contributed by atoms with Gasteiger partial charge in [0.1, 0.15) is 10.8 Å². The fraction of sp³-hybridized carbons (Fsp3) is 0.0909. The van der Waals surface area contributed by atoms with E-state index in [2.05, 4.69) is 0 Å². The summed E-state index contributed by atoms with van der Waals surface area (Å²) < 4.78 is 6.28. The summed E-state index contributed by atoms with van der Waals surface area (Å²) in [6, 6.07) is 4.13. The Labute approximate surface area is 111 Å². The van der Waals surface area contributed by atoms with Gasteiger partial charge in [0.05, 0.1) is 11.6 Å². The Bertz CT molecular complexity index is 659. The maximum absolute atomic E-state index is 11.7. The molecule has 2 rings (SSSR count). The molecule has 0 aliphatic heterocycles. The number of nitrogens with zero attached hydrogens (tertiary/aromatic N) is 1. The van der Waals surface area contributed by atoms with E-state index in [1.165, 1.54) is 29.0 Å². The highest BCUT2D eigenvalue weighted by Crippen LogP contribution is 2.14. The second-order valence-corrected chi connectivity index (χ2v) is 4.35. The topological polar surface area (TPSA) is 72.4 Å². The minimum Gasteiger partial charge on any atom is -0.475 e. The quantitative estimate of drug-likeness (QED) is 0.941. The fourth-order valence-electron chi connectivity index (χ4n) is 1.43. The summed E-state index contributed by atoms with van der Waals surface area (Å²) in [4.78, 5) is 22.3. The number of furan rings is 1. The van der Waals surface area contributed by atoms with E-state index in [9.17, 15) is 9.59 Å². The Morgan fingerprint density at radius 1 is 1.39 bits per heavy atom. The second-order valence-electron chi connectivity index (χ2n) is 3.51. The lowest BCUT2D eigenvalue weighted by Gasteiger charge is -2.04. The lowest BCUT2D eigenvalue weighted by molar-refractivity contribution is 0.0660. The van der Waals surface area contributed by atoms with Gasteiger partial charge in [-0.25, -0.2) is 4.79 Å². The summed E-state index contributed by atoms with van der Waals surface area (Å²) in [5, 5.41) is 9.01. The van der Waals surface area contributed by atoms with Crippen LogP contribution < -0.4 is 5.56 Å². The predicted octanol–water partition coefficient (Wildman–Crippen LogP) is 2.49. The number of halogens is 2. The number of aromatic nitrogens is 1. The minimum atomic E-state index is -1.17. The van der Waals surface area contributed by atoms with Crippen molar-refractivity contribution in [1.82, 2.24) is 4.57 Å². The van der Waals surface area contributed by atoms with Gasteiger partial charge in [-0.2, -0.15) is 0 Å². The van der Waals surface area contributed by atoms with Gasteiger partial charge in [-0.05, 0) is 18.2 Å². The molecule has 2 heterocycles. The van der Waals surface area contributed by atoms with E-state index in [-0.39, 0.29) is 17.3 Å². The van der Waals surface area contributed by atoms with Gasteiger partial charge in [0.2, 0.25) is 5.76 Å². The van der Waals surface area contributed by atoms with Crippen LogP contribution in [0, 0.1) is 0 Å². The van der Waals surface area contributed by atoms with E-state index in [1.807, 2.05) is 0 Å². The molecule has 0 atom stereocenters. The Hall–Kier alpha value is -1.72. The second kappa shape index (κ2) is 4.88. The number of rotatable bonds is 3. The first-order valence-electron chi connectivity index (χ1n) is 4.85. The molecule has 1 N–H and O–H groups in total. The molecule has 0 amide bonds. The third kappa shape index (κ3) is 2.57. The van der Waals surface area contributed by atoms with Gasteiger partial charge in [-0.3, -0.25) is 4.79 Å². The van der Waals surface area contributed by atoms with Crippen molar-refractivity contribution in [3.05, 3.63) is 56.3 Å². The number of aromatic carboxylic acids is 1. The molecule has 18 heavy (non-hydrogen) atoms. The third-order valence-electron chi connectivity index (χ3n) is 2.21. The molecule has 0 aliphatic carbocycles. The number of carboxylic acids is 1. The lowest BCUT2D eigenvalue weighted by Crippen LogP contribution is -2.20. The lowest BCUT2D eigenvalue weighted by atomic mass is 10.4. The number of carbonyl (C=O) groups is 1. The number of hydrogen-bond acceptors (Lipinski definition) is 3. The van der Waals surface area contributed by atoms with Crippen molar-refractivity contribution >= 4 is 29.2 Å². The van der Waals surface area contributed by atoms with Crippen LogP contribution >= 0.6 is 23.2 Å². The first kappa shape index (κ1) is 12.7. The molecule has 0 bridgehead atoms. The van der Waals surface area contributed by atoms with Crippen molar-refractivity contribution in [2.24, 2.45) is 0 Å². The van der Waals surface area contributed by atoms with Crippen LogP contribution in [0.15, 0.2) is 33.6 Å². The number of pyridine rings is 1. The monoisotopic (exact) mass is 287 g/mol. The molecule has 2 aromatic rings. The van der Waals surface area contributed by atoms with Crippen LogP contribution in [0.1, 0.15) is 16.3 Å². The zero-order valence-electron chi connectivity index (χ0n) is 8.89. The van der Waals surface area contributed by atoms with Gasteiger partial charge in [0.15, 0.2) is 0 Å². The molecule has 7 heteroatoms. The van der Waals surface area contributed by atoms with Crippen molar-refractivity contribution < 1.29 is 14.3 Å². The van der Waals surface area contributed by atoms with E-state index in [4.69, 9.17) is 32.7 Å². The molecule has 0 spiro atoms. The van der Waals surface area contributed by atoms with Crippen LogP contribution in [-0.4, -0.2) is 15.6 Å². The molecular formula is C11H7Cl2NO4. The van der Waals surface area contributed by atoms with Crippen molar-refractivity contribution in [3.8, 4) is 0 Å². The van der Waals surface area contributed by atoms with Crippen LogP contribution in [0.5, 0.6) is 0 Å². The Balaban J connectivity index is 2.34. The minimum absolute atomic E-state index is 0.00693. The molecule has 94 valence electrons. The molecule has 0 aliphatic rings. The van der Waals surface area contributed by atoms with Gasteiger partial charge in [0, 0.05) is 6.20 Å². The zero-order chi connectivity index (χ0) is 13.3. The van der Waals surface area contributed by atoms with Crippen LogP contribution in [0.25, 0.3) is 0 Å². The highest BCUT2D eigenvalue weighted by Gasteiger charge is 2.11. The maximum atomic E-state index is 11.7. The number of carboxylic acid groups (broad SMARTS) is 1. The summed E-state index contributed by atoms with van der Waals surface area (Å²) in [7, 11) is 0. The summed E-state index contributed by atoms with van der Waals surface area (Å²) >= 11 is 11.5. The first-order valence-corrected chi connectivity index (χ1v) is 5.60. The molecule has 0 saturated carbocycles. The Morgan fingerprint density at radius 3 is 2.72 bits per heavy atom. The SMILES string of the molecule is O=C(O)c1ccc(Cn2cc(Cl)cc(Cl)c2=O)o1. The highest BCUT2D eigenvalue weighted by molar-refractivity contribution is 6.34.